The molecule has 1 aliphatic carbocycles. The molecule has 2 rings (SSSR count). The number of anilines is 1. The third-order valence-corrected chi connectivity index (χ3v) is 2.70. The number of aryl methyl sites for hydroxylation is 1. The van der Waals surface area contributed by atoms with Gasteiger partial charge in [0.2, 0.25) is 0 Å². The second-order valence-corrected chi connectivity index (χ2v) is 3.55. The first-order chi connectivity index (χ1) is 6.61. The molecule has 4 nitrogen and oxygen atoms in total. The third kappa shape index (κ3) is 1.15. The second-order valence-electron chi connectivity index (χ2n) is 3.55. The lowest BCUT2D eigenvalue weighted by Gasteiger charge is -2.10. The summed E-state index contributed by atoms with van der Waals surface area (Å²) in [6.07, 6.45) is 1.74. The van der Waals surface area contributed by atoms with Crippen LogP contribution in [0.1, 0.15) is 33.9 Å². The van der Waals surface area contributed by atoms with Gasteiger partial charge in [-0.2, -0.15) is 0 Å². The van der Waals surface area contributed by atoms with E-state index in [9.17, 15) is 4.79 Å². The molecule has 1 aromatic rings. The number of aromatic carboxylic acids is 1. The first kappa shape index (κ1) is 9.02. The van der Waals surface area contributed by atoms with E-state index in [0.29, 0.717) is 5.69 Å². The summed E-state index contributed by atoms with van der Waals surface area (Å²) in [7, 11) is 0. The molecule has 0 amide bonds. The van der Waals surface area contributed by atoms with Gasteiger partial charge in [0.15, 0.2) is 0 Å². The van der Waals surface area contributed by atoms with Crippen LogP contribution in [0.25, 0.3) is 0 Å². The number of carboxylic acid groups (broad SMARTS) is 1. The van der Waals surface area contributed by atoms with Crippen LogP contribution in [0.4, 0.5) is 5.69 Å². The Morgan fingerprint density at radius 2 is 2.21 bits per heavy atom. The smallest absolute Gasteiger partial charge is 0.337 e. The number of carboxylic acids is 1. The molecule has 0 aliphatic heterocycles. The maximum atomic E-state index is 10.8. The summed E-state index contributed by atoms with van der Waals surface area (Å²) in [5.74, 6) is -0.996. The number of nitrogen functional groups attached to an aromatic ring is 1. The summed E-state index contributed by atoms with van der Waals surface area (Å²) in [5.41, 5.74) is 14.0. The fourth-order valence-corrected chi connectivity index (χ4v) is 1.98. The zero-order valence-corrected chi connectivity index (χ0v) is 7.66. The normalized spacial score (nSPS) is 19.4. The van der Waals surface area contributed by atoms with E-state index in [1.165, 1.54) is 0 Å². The van der Waals surface area contributed by atoms with Crippen LogP contribution >= 0.6 is 0 Å². The maximum Gasteiger partial charge on any atom is 0.337 e. The predicted octanol–water partition coefficient (Wildman–Crippen LogP) is 0.913. The van der Waals surface area contributed by atoms with Crippen molar-refractivity contribution in [3.63, 3.8) is 0 Å². The molecule has 0 spiro atoms. The molecule has 1 atom stereocenters. The number of rotatable bonds is 1. The number of carbonyl (C=O) groups is 1. The number of hydrogen-bond donors (Lipinski definition) is 3. The molecule has 14 heavy (non-hydrogen) atoms. The van der Waals surface area contributed by atoms with Crippen molar-refractivity contribution in [1.82, 2.24) is 0 Å². The number of nitrogens with two attached hydrogens (primary N) is 2. The minimum atomic E-state index is -0.996. The Kier molecular flexibility index (Phi) is 1.93. The van der Waals surface area contributed by atoms with Crippen LogP contribution in [0.5, 0.6) is 0 Å². The van der Waals surface area contributed by atoms with Gasteiger partial charge in [-0.15, -0.1) is 0 Å². The molecule has 0 saturated carbocycles. The van der Waals surface area contributed by atoms with Crippen LogP contribution in [-0.4, -0.2) is 11.1 Å². The van der Waals surface area contributed by atoms with Gasteiger partial charge in [0.05, 0.1) is 11.3 Å². The summed E-state index contributed by atoms with van der Waals surface area (Å²) in [4.78, 5) is 10.8. The van der Waals surface area contributed by atoms with Crippen molar-refractivity contribution in [2.45, 2.75) is 18.9 Å². The Labute approximate surface area is 81.5 Å². The zero-order chi connectivity index (χ0) is 10.3. The van der Waals surface area contributed by atoms with Gasteiger partial charge in [-0.3, -0.25) is 0 Å². The molecule has 5 N–H and O–H groups in total. The molecule has 1 aliphatic rings. The highest BCUT2D eigenvalue weighted by molar-refractivity contribution is 5.95. The van der Waals surface area contributed by atoms with Crippen molar-refractivity contribution in [3.05, 3.63) is 28.8 Å². The summed E-state index contributed by atoms with van der Waals surface area (Å²) in [6.45, 7) is 0. The molecule has 0 radical (unpaired) electrons. The van der Waals surface area contributed by atoms with E-state index in [4.69, 9.17) is 16.6 Å². The van der Waals surface area contributed by atoms with Gasteiger partial charge in [-0.25, -0.2) is 4.79 Å². The lowest BCUT2D eigenvalue weighted by Crippen LogP contribution is -2.11. The van der Waals surface area contributed by atoms with Gasteiger partial charge < -0.3 is 16.6 Å². The standard InChI is InChI=1S/C10H12N2O2/c11-7-4-2-5-1-3-6(10(13)14)9(12)8(5)7/h1,3,7H,2,4,11-12H2,(H,13,14)/t7-/m1/s1. The van der Waals surface area contributed by atoms with Crippen molar-refractivity contribution in [2.75, 3.05) is 5.73 Å². The van der Waals surface area contributed by atoms with Gasteiger partial charge in [0.25, 0.3) is 0 Å². The molecular formula is C10H12N2O2. The Morgan fingerprint density at radius 1 is 1.50 bits per heavy atom. The van der Waals surface area contributed by atoms with Crippen molar-refractivity contribution in [1.29, 1.82) is 0 Å². The van der Waals surface area contributed by atoms with Crippen molar-refractivity contribution >= 4 is 11.7 Å². The van der Waals surface area contributed by atoms with Gasteiger partial charge in [0.1, 0.15) is 0 Å². The van der Waals surface area contributed by atoms with Crippen molar-refractivity contribution in [3.8, 4) is 0 Å². The highest BCUT2D eigenvalue weighted by Crippen LogP contribution is 2.35. The van der Waals surface area contributed by atoms with Gasteiger partial charge in [-0.05, 0) is 30.0 Å². The van der Waals surface area contributed by atoms with Crippen LogP contribution in [-0.2, 0) is 6.42 Å². The highest BCUT2D eigenvalue weighted by atomic mass is 16.4. The van der Waals surface area contributed by atoms with Crippen molar-refractivity contribution in [2.24, 2.45) is 5.73 Å². The van der Waals surface area contributed by atoms with E-state index in [-0.39, 0.29) is 11.6 Å². The summed E-state index contributed by atoms with van der Waals surface area (Å²) in [6, 6.07) is 3.25. The monoisotopic (exact) mass is 192 g/mol. The molecule has 4 heteroatoms. The van der Waals surface area contributed by atoms with E-state index >= 15 is 0 Å². The first-order valence-corrected chi connectivity index (χ1v) is 4.51. The van der Waals surface area contributed by atoms with Gasteiger partial charge in [-0.1, -0.05) is 6.07 Å². The topological polar surface area (TPSA) is 89.3 Å². The van der Waals surface area contributed by atoms with Gasteiger partial charge >= 0.3 is 5.97 Å². The lowest BCUT2D eigenvalue weighted by atomic mass is 10.0. The molecular weight excluding hydrogens is 180 g/mol. The van der Waals surface area contributed by atoms with E-state index in [1.807, 2.05) is 6.07 Å². The number of benzene rings is 1. The summed E-state index contributed by atoms with van der Waals surface area (Å²) in [5, 5.41) is 8.86. The van der Waals surface area contributed by atoms with Crippen LogP contribution in [0, 0.1) is 0 Å². The minimum absolute atomic E-state index is 0.107. The maximum absolute atomic E-state index is 10.8. The average molecular weight is 192 g/mol. The average Bonchev–Trinajstić information content (AvgIpc) is 2.48. The number of hydrogen-bond acceptors (Lipinski definition) is 3. The Balaban J connectivity index is 2.61. The molecule has 74 valence electrons. The quantitative estimate of drug-likeness (QED) is 0.577. The molecule has 0 bridgehead atoms. The van der Waals surface area contributed by atoms with E-state index in [0.717, 1.165) is 24.0 Å². The molecule has 0 saturated heterocycles. The number of fused-ring (bicyclic) bond motifs is 1. The van der Waals surface area contributed by atoms with E-state index in [1.54, 1.807) is 6.07 Å². The Morgan fingerprint density at radius 3 is 2.86 bits per heavy atom. The SMILES string of the molecule is Nc1c(C(=O)O)ccc2c1[C@H](N)CC2. The second kappa shape index (κ2) is 2.99. The molecule has 0 unspecified atom stereocenters. The molecule has 0 heterocycles. The Bertz CT molecular complexity index is 401. The minimum Gasteiger partial charge on any atom is -0.478 e. The molecule has 0 fully saturated rings. The fraction of sp³-hybridized carbons (Fsp3) is 0.300. The fourth-order valence-electron chi connectivity index (χ4n) is 1.98. The zero-order valence-electron chi connectivity index (χ0n) is 7.66. The molecule has 0 aromatic heterocycles. The van der Waals surface area contributed by atoms with Crippen molar-refractivity contribution < 1.29 is 9.90 Å². The largest absolute Gasteiger partial charge is 0.478 e. The Hall–Kier alpha value is -1.55. The van der Waals surface area contributed by atoms with E-state index in [2.05, 4.69) is 0 Å². The predicted molar refractivity (Wildman–Crippen MR) is 53.1 cm³/mol. The first-order valence-electron chi connectivity index (χ1n) is 4.51. The van der Waals surface area contributed by atoms with E-state index < -0.39 is 5.97 Å². The van der Waals surface area contributed by atoms with Crippen LogP contribution in [0.2, 0.25) is 0 Å². The highest BCUT2D eigenvalue weighted by Gasteiger charge is 2.24. The summed E-state index contributed by atoms with van der Waals surface area (Å²) >= 11 is 0. The van der Waals surface area contributed by atoms with Crippen LogP contribution in [0.3, 0.4) is 0 Å². The summed E-state index contributed by atoms with van der Waals surface area (Å²) < 4.78 is 0. The van der Waals surface area contributed by atoms with Gasteiger partial charge in [0, 0.05) is 6.04 Å². The van der Waals surface area contributed by atoms with Crippen LogP contribution in [0.15, 0.2) is 12.1 Å². The lowest BCUT2D eigenvalue weighted by molar-refractivity contribution is 0.0698. The third-order valence-electron chi connectivity index (χ3n) is 2.70. The molecule has 1 aromatic carbocycles. The van der Waals surface area contributed by atoms with Crippen LogP contribution < -0.4 is 11.5 Å².